The summed E-state index contributed by atoms with van der Waals surface area (Å²) in [4.78, 5) is 0. The number of nitriles is 1. The maximum atomic E-state index is 9.02. The first-order valence-corrected chi connectivity index (χ1v) is 5.24. The lowest BCUT2D eigenvalue weighted by Gasteiger charge is -2.07. The van der Waals surface area contributed by atoms with Gasteiger partial charge < -0.3 is 0 Å². The maximum absolute atomic E-state index is 9.02. The fourth-order valence-corrected chi connectivity index (χ4v) is 1.38. The molecule has 0 amide bonds. The highest BCUT2D eigenvalue weighted by Crippen LogP contribution is 2.12. The number of hydrogen-bond acceptors (Lipinski definition) is 3. The molecule has 3 heteroatoms. The van der Waals surface area contributed by atoms with Crippen molar-refractivity contribution in [3.63, 3.8) is 0 Å². The molecule has 17 heavy (non-hydrogen) atoms. The van der Waals surface area contributed by atoms with Crippen LogP contribution in [0.4, 0.5) is 5.69 Å². The van der Waals surface area contributed by atoms with Crippen molar-refractivity contribution < 1.29 is 0 Å². The third kappa shape index (κ3) is 2.93. The molecule has 82 valence electrons. The molecule has 2 rings (SSSR count). The Morgan fingerprint density at radius 2 is 1.53 bits per heavy atom. The zero-order chi connectivity index (χ0) is 11.9. The van der Waals surface area contributed by atoms with Gasteiger partial charge >= 0.3 is 0 Å². The van der Waals surface area contributed by atoms with E-state index in [0.29, 0.717) is 0 Å². The molecule has 0 aliphatic heterocycles. The van der Waals surface area contributed by atoms with Crippen molar-refractivity contribution in [1.82, 2.24) is 0 Å². The molecule has 3 nitrogen and oxygen atoms in total. The van der Waals surface area contributed by atoms with Gasteiger partial charge in [0.15, 0.2) is 0 Å². The molecule has 0 bridgehead atoms. The van der Waals surface area contributed by atoms with E-state index in [2.05, 4.69) is 5.10 Å². The van der Waals surface area contributed by atoms with Gasteiger partial charge in [0.1, 0.15) is 0 Å². The third-order valence-electron chi connectivity index (χ3n) is 2.22. The van der Waals surface area contributed by atoms with E-state index >= 15 is 0 Å². The predicted molar refractivity (Wildman–Crippen MR) is 68.6 cm³/mol. The first-order valence-electron chi connectivity index (χ1n) is 5.24. The van der Waals surface area contributed by atoms with E-state index in [1.165, 1.54) is 5.01 Å². The summed E-state index contributed by atoms with van der Waals surface area (Å²) in [5.74, 6) is 0. The molecule has 0 spiro atoms. The zero-order valence-corrected chi connectivity index (χ0v) is 9.19. The summed E-state index contributed by atoms with van der Waals surface area (Å²) in [6.45, 7) is 0. The summed E-state index contributed by atoms with van der Waals surface area (Å²) in [6.07, 6.45) is 3.69. The molecule has 0 unspecified atom stereocenters. The van der Waals surface area contributed by atoms with E-state index in [1.807, 2.05) is 66.9 Å². The number of anilines is 1. The normalized spacial score (nSPS) is 10.1. The Hall–Kier alpha value is -2.60. The highest BCUT2D eigenvalue weighted by Gasteiger charge is 2.00. The Bertz CT molecular complexity index is 526. The van der Waals surface area contributed by atoms with E-state index in [-0.39, 0.29) is 0 Å². The van der Waals surface area contributed by atoms with Gasteiger partial charge in [-0.05, 0) is 17.7 Å². The highest BCUT2D eigenvalue weighted by atomic mass is 15.4. The van der Waals surface area contributed by atoms with Crippen molar-refractivity contribution in [2.24, 2.45) is 5.10 Å². The minimum Gasteiger partial charge on any atom is -0.170 e. The van der Waals surface area contributed by atoms with Crippen LogP contribution in [0.15, 0.2) is 65.8 Å². The second-order valence-corrected chi connectivity index (χ2v) is 3.40. The van der Waals surface area contributed by atoms with Gasteiger partial charge in [0.05, 0.1) is 11.9 Å². The summed E-state index contributed by atoms with van der Waals surface area (Å²) < 4.78 is 0. The number of rotatable bonds is 3. The van der Waals surface area contributed by atoms with Gasteiger partial charge in [-0.3, -0.25) is 0 Å². The molecule has 0 aliphatic rings. The van der Waals surface area contributed by atoms with Gasteiger partial charge in [0.2, 0.25) is 6.19 Å². The standard InChI is InChI=1S/C14H11N3/c15-12-17(14-9-5-2-6-10-14)16-11-13-7-3-1-4-8-13/h1-11H. The van der Waals surface area contributed by atoms with Gasteiger partial charge in [0.25, 0.3) is 0 Å². The molecule has 0 saturated heterocycles. The Morgan fingerprint density at radius 3 is 2.12 bits per heavy atom. The molecule has 0 radical (unpaired) electrons. The Morgan fingerprint density at radius 1 is 0.941 bits per heavy atom. The molecule has 2 aromatic carbocycles. The van der Waals surface area contributed by atoms with Crippen LogP contribution >= 0.6 is 0 Å². The van der Waals surface area contributed by atoms with Crippen molar-refractivity contribution in [2.45, 2.75) is 0 Å². The van der Waals surface area contributed by atoms with Crippen molar-refractivity contribution in [3.05, 3.63) is 66.2 Å². The molecule has 0 heterocycles. The monoisotopic (exact) mass is 221 g/mol. The van der Waals surface area contributed by atoms with E-state index in [9.17, 15) is 0 Å². The van der Waals surface area contributed by atoms with Gasteiger partial charge in [0, 0.05) is 0 Å². The van der Waals surface area contributed by atoms with E-state index < -0.39 is 0 Å². The number of benzene rings is 2. The molecule has 0 aromatic heterocycles. The van der Waals surface area contributed by atoms with Crippen LogP contribution in [0.3, 0.4) is 0 Å². The Labute approximate surface area is 100 Å². The summed E-state index contributed by atoms with van der Waals surface area (Å²) in [5.41, 5.74) is 1.71. The van der Waals surface area contributed by atoms with Crippen molar-refractivity contribution in [2.75, 3.05) is 5.01 Å². The molecular weight excluding hydrogens is 210 g/mol. The molecule has 0 fully saturated rings. The maximum Gasteiger partial charge on any atom is 0.206 e. The fourth-order valence-electron chi connectivity index (χ4n) is 1.38. The molecule has 0 saturated carbocycles. The second kappa shape index (κ2) is 5.47. The molecular formula is C14H11N3. The highest BCUT2D eigenvalue weighted by molar-refractivity contribution is 5.80. The van der Waals surface area contributed by atoms with E-state index in [0.717, 1.165) is 11.3 Å². The molecule has 0 aliphatic carbocycles. The average Bonchev–Trinajstić information content (AvgIpc) is 2.42. The quantitative estimate of drug-likeness (QED) is 0.346. The number of hydrogen-bond donors (Lipinski definition) is 0. The number of hydrazone groups is 1. The van der Waals surface area contributed by atoms with Crippen LogP contribution in [-0.4, -0.2) is 6.21 Å². The summed E-state index contributed by atoms with van der Waals surface area (Å²) in [6, 6.07) is 19.0. The van der Waals surface area contributed by atoms with Crippen LogP contribution in [0.5, 0.6) is 0 Å². The van der Waals surface area contributed by atoms with Gasteiger partial charge in [-0.25, -0.2) is 0 Å². The van der Waals surface area contributed by atoms with Crippen molar-refractivity contribution in [1.29, 1.82) is 5.26 Å². The number of para-hydroxylation sites is 1. The van der Waals surface area contributed by atoms with Crippen LogP contribution in [-0.2, 0) is 0 Å². The van der Waals surface area contributed by atoms with E-state index in [1.54, 1.807) is 6.21 Å². The lowest BCUT2D eigenvalue weighted by Crippen LogP contribution is -2.07. The Kier molecular flexibility index (Phi) is 3.51. The van der Waals surface area contributed by atoms with E-state index in [4.69, 9.17) is 5.26 Å². The fraction of sp³-hybridized carbons (Fsp3) is 0. The van der Waals surface area contributed by atoms with Crippen molar-refractivity contribution >= 4 is 11.9 Å². The smallest absolute Gasteiger partial charge is 0.170 e. The van der Waals surface area contributed by atoms with Gasteiger partial charge in [-0.2, -0.15) is 15.4 Å². The topological polar surface area (TPSA) is 39.4 Å². The first-order chi connectivity index (χ1) is 8.40. The lowest BCUT2D eigenvalue weighted by molar-refractivity contribution is 1.09. The minimum atomic E-state index is 0.752. The SMILES string of the molecule is N#CN(N=Cc1ccccc1)c1ccccc1. The minimum absolute atomic E-state index is 0.752. The molecule has 0 atom stereocenters. The van der Waals surface area contributed by atoms with Gasteiger partial charge in [-0.15, -0.1) is 0 Å². The first kappa shape index (κ1) is 10.9. The van der Waals surface area contributed by atoms with Gasteiger partial charge in [-0.1, -0.05) is 48.5 Å². The van der Waals surface area contributed by atoms with Crippen LogP contribution in [0.2, 0.25) is 0 Å². The average molecular weight is 221 g/mol. The summed E-state index contributed by atoms with van der Waals surface area (Å²) in [5, 5.41) is 14.4. The number of nitrogens with zero attached hydrogens (tertiary/aromatic N) is 3. The lowest BCUT2D eigenvalue weighted by atomic mass is 10.2. The van der Waals surface area contributed by atoms with Crippen LogP contribution in [0.25, 0.3) is 0 Å². The van der Waals surface area contributed by atoms with Crippen molar-refractivity contribution in [3.8, 4) is 6.19 Å². The predicted octanol–water partition coefficient (Wildman–Crippen LogP) is 3.01. The third-order valence-corrected chi connectivity index (χ3v) is 2.22. The largest absolute Gasteiger partial charge is 0.206 e. The zero-order valence-electron chi connectivity index (χ0n) is 9.19. The Balaban J connectivity index is 2.17. The van der Waals surface area contributed by atoms with Crippen LogP contribution < -0.4 is 5.01 Å². The molecule has 2 aromatic rings. The second-order valence-electron chi connectivity index (χ2n) is 3.40. The summed E-state index contributed by atoms with van der Waals surface area (Å²) >= 11 is 0. The van der Waals surface area contributed by atoms with Crippen LogP contribution in [0.1, 0.15) is 5.56 Å². The summed E-state index contributed by atoms with van der Waals surface area (Å²) in [7, 11) is 0. The molecule has 0 N–H and O–H groups in total. The van der Waals surface area contributed by atoms with Crippen LogP contribution in [0, 0.1) is 11.5 Å².